The minimum absolute atomic E-state index is 0.0474. The largest absolute Gasteiger partial charge is 0.496 e. The van der Waals surface area contributed by atoms with Crippen molar-refractivity contribution in [3.8, 4) is 22.8 Å². The fourth-order valence-corrected chi connectivity index (χ4v) is 5.98. The van der Waals surface area contributed by atoms with Crippen LogP contribution in [-0.2, 0) is 4.79 Å². The van der Waals surface area contributed by atoms with Gasteiger partial charge in [-0.25, -0.2) is 9.37 Å². The quantitative estimate of drug-likeness (QED) is 0.660. The highest BCUT2D eigenvalue weighted by molar-refractivity contribution is 6.35. The molecule has 4 heterocycles. The molecular weight excluding hydrogens is 487 g/mol. The molecule has 0 radical (unpaired) electrons. The highest BCUT2D eigenvalue weighted by Gasteiger charge is 2.47. The van der Waals surface area contributed by atoms with Crippen LogP contribution >= 0.6 is 11.6 Å². The van der Waals surface area contributed by atoms with E-state index in [0.29, 0.717) is 19.5 Å². The summed E-state index contributed by atoms with van der Waals surface area (Å²) in [6, 6.07) is 4.38. The van der Waals surface area contributed by atoms with E-state index in [4.69, 9.17) is 26.1 Å². The molecule has 8 nitrogen and oxygen atoms in total. The number of aromatic nitrogens is 1. The maximum atomic E-state index is 15.2. The fraction of sp³-hybridized carbons (Fsp3) is 0.500. The molecule has 2 saturated heterocycles. The number of carbonyl (C=O) groups is 2. The minimum Gasteiger partial charge on any atom is -0.496 e. The second kappa shape index (κ2) is 9.42. The molecule has 0 saturated carbocycles. The lowest BCUT2D eigenvalue weighted by Gasteiger charge is -2.37. The van der Waals surface area contributed by atoms with Gasteiger partial charge in [0.1, 0.15) is 45.8 Å². The Bertz CT molecular complexity index is 1220. The van der Waals surface area contributed by atoms with E-state index in [1.807, 2.05) is 16.7 Å². The first-order valence-electron chi connectivity index (χ1n) is 12.3. The monoisotopic (exact) mass is 516 g/mol. The van der Waals surface area contributed by atoms with E-state index in [-0.39, 0.29) is 63.6 Å². The number of ether oxygens (including phenoxy) is 2. The summed E-state index contributed by atoms with van der Waals surface area (Å²) >= 11 is 6.86. The predicted octanol–water partition coefficient (Wildman–Crippen LogP) is 4.04. The van der Waals surface area contributed by atoms with Crippen molar-refractivity contribution in [2.45, 2.75) is 50.6 Å². The molecule has 10 heteroatoms. The molecule has 1 N–H and O–H groups in total. The van der Waals surface area contributed by atoms with Gasteiger partial charge in [-0.05, 0) is 51.2 Å². The zero-order valence-electron chi connectivity index (χ0n) is 20.7. The Hall–Kier alpha value is -3.07. The molecule has 0 aliphatic carbocycles. The van der Waals surface area contributed by atoms with Gasteiger partial charge in [0.2, 0.25) is 5.91 Å². The Morgan fingerprint density at radius 3 is 2.83 bits per heavy atom. The second-order valence-electron chi connectivity index (χ2n) is 9.69. The standard InChI is InChI=1S/C26H30ClFN4O4/c1-26(25(34)29-2)11-7-13-32(26)23-19-22(36-14-15-8-4-5-12-31(15)24(19)33)20(27)21(30-23)18-16(28)9-6-10-17(18)35-3/h6,9-10,15H,4-5,7-8,11-14H2,1-3H3,(H,29,34)/t15-,26+/m1/s1. The maximum absolute atomic E-state index is 15.2. The number of methoxy groups -OCH3 is 1. The summed E-state index contributed by atoms with van der Waals surface area (Å²) in [6.07, 6.45) is 4.03. The van der Waals surface area contributed by atoms with Gasteiger partial charge in [-0.3, -0.25) is 9.59 Å². The molecule has 36 heavy (non-hydrogen) atoms. The van der Waals surface area contributed by atoms with Crippen LogP contribution in [-0.4, -0.2) is 67.1 Å². The van der Waals surface area contributed by atoms with Crippen LogP contribution in [0.15, 0.2) is 18.2 Å². The van der Waals surface area contributed by atoms with E-state index in [2.05, 4.69) is 5.32 Å². The Morgan fingerprint density at radius 2 is 2.08 bits per heavy atom. The molecule has 0 bridgehead atoms. The number of fused-ring (bicyclic) bond motifs is 2. The summed E-state index contributed by atoms with van der Waals surface area (Å²) in [5.74, 6) is -0.282. The smallest absolute Gasteiger partial charge is 0.261 e. The maximum Gasteiger partial charge on any atom is 0.261 e. The topological polar surface area (TPSA) is 84.0 Å². The van der Waals surface area contributed by atoms with Gasteiger partial charge in [-0.1, -0.05) is 17.7 Å². The minimum atomic E-state index is -0.951. The summed E-state index contributed by atoms with van der Waals surface area (Å²) in [6.45, 7) is 3.22. The van der Waals surface area contributed by atoms with Gasteiger partial charge < -0.3 is 24.6 Å². The Kier molecular flexibility index (Phi) is 6.44. The van der Waals surface area contributed by atoms with E-state index < -0.39 is 11.4 Å². The van der Waals surface area contributed by atoms with Crippen molar-refractivity contribution in [2.75, 3.05) is 38.8 Å². The number of benzene rings is 1. The number of likely N-dealkylation sites (N-methyl/N-ethyl adjacent to an activating group) is 1. The van der Waals surface area contributed by atoms with E-state index in [1.165, 1.54) is 19.2 Å². The van der Waals surface area contributed by atoms with Crippen molar-refractivity contribution < 1.29 is 23.5 Å². The molecule has 3 aliphatic heterocycles. The van der Waals surface area contributed by atoms with Crippen LogP contribution in [0.5, 0.6) is 11.5 Å². The average molecular weight is 517 g/mol. The normalized spacial score (nSPS) is 23.5. The van der Waals surface area contributed by atoms with Crippen LogP contribution < -0.4 is 19.7 Å². The van der Waals surface area contributed by atoms with Gasteiger partial charge in [-0.2, -0.15) is 0 Å². The Morgan fingerprint density at radius 1 is 1.28 bits per heavy atom. The molecular formula is C26H30ClFN4O4. The summed E-state index contributed by atoms with van der Waals surface area (Å²) in [7, 11) is 3.03. The zero-order chi connectivity index (χ0) is 25.6. The lowest BCUT2D eigenvalue weighted by Crippen LogP contribution is -2.53. The van der Waals surface area contributed by atoms with Gasteiger partial charge in [0.15, 0.2) is 5.75 Å². The number of piperidine rings is 1. The van der Waals surface area contributed by atoms with Crippen LogP contribution in [0.25, 0.3) is 11.3 Å². The van der Waals surface area contributed by atoms with Crippen LogP contribution in [0.4, 0.5) is 10.2 Å². The van der Waals surface area contributed by atoms with E-state index >= 15 is 4.39 Å². The van der Waals surface area contributed by atoms with Gasteiger partial charge in [0.05, 0.1) is 18.7 Å². The lowest BCUT2D eigenvalue weighted by atomic mass is 9.96. The molecule has 2 amide bonds. The molecule has 1 aromatic heterocycles. The average Bonchev–Trinajstić information content (AvgIpc) is 3.22. The number of halogens is 2. The summed E-state index contributed by atoms with van der Waals surface area (Å²) < 4.78 is 26.9. The fourth-order valence-electron chi connectivity index (χ4n) is 5.70. The van der Waals surface area contributed by atoms with Gasteiger partial charge in [-0.15, -0.1) is 0 Å². The predicted molar refractivity (Wildman–Crippen MR) is 134 cm³/mol. The number of hydrogen-bond donors (Lipinski definition) is 1. The molecule has 0 spiro atoms. The molecule has 2 aromatic rings. The Balaban J connectivity index is 1.79. The third-order valence-electron chi connectivity index (χ3n) is 7.64. The third kappa shape index (κ3) is 3.75. The molecule has 192 valence electrons. The van der Waals surface area contributed by atoms with Crippen LogP contribution in [0.3, 0.4) is 0 Å². The third-order valence-corrected chi connectivity index (χ3v) is 7.99. The van der Waals surface area contributed by atoms with Gasteiger partial charge >= 0.3 is 0 Å². The first kappa shape index (κ1) is 24.6. The van der Waals surface area contributed by atoms with Crippen molar-refractivity contribution in [1.29, 1.82) is 0 Å². The molecule has 3 aliphatic rings. The van der Waals surface area contributed by atoms with Crippen LogP contribution in [0.2, 0.25) is 5.02 Å². The van der Waals surface area contributed by atoms with Gasteiger partial charge in [0, 0.05) is 20.1 Å². The van der Waals surface area contributed by atoms with E-state index in [0.717, 1.165) is 25.7 Å². The molecule has 2 atom stereocenters. The second-order valence-corrected chi connectivity index (χ2v) is 10.1. The highest BCUT2D eigenvalue weighted by Crippen LogP contribution is 2.48. The van der Waals surface area contributed by atoms with Crippen molar-refractivity contribution in [3.05, 3.63) is 34.6 Å². The number of pyridine rings is 1. The van der Waals surface area contributed by atoms with Crippen LogP contribution in [0, 0.1) is 5.82 Å². The Labute approximate surface area is 214 Å². The van der Waals surface area contributed by atoms with Crippen molar-refractivity contribution >= 4 is 29.2 Å². The lowest BCUT2D eigenvalue weighted by molar-refractivity contribution is -0.125. The number of amides is 2. The van der Waals surface area contributed by atoms with Crippen molar-refractivity contribution in [3.63, 3.8) is 0 Å². The van der Waals surface area contributed by atoms with E-state index in [1.54, 1.807) is 13.1 Å². The summed E-state index contributed by atoms with van der Waals surface area (Å²) in [5.41, 5.74) is -0.541. The molecule has 5 rings (SSSR count). The number of anilines is 1. The van der Waals surface area contributed by atoms with E-state index in [9.17, 15) is 9.59 Å². The first-order valence-corrected chi connectivity index (χ1v) is 12.7. The first-order chi connectivity index (χ1) is 17.3. The molecule has 2 fully saturated rings. The number of hydrogen-bond acceptors (Lipinski definition) is 6. The number of rotatable bonds is 4. The summed E-state index contributed by atoms with van der Waals surface area (Å²) in [4.78, 5) is 35.5. The molecule has 1 aromatic carbocycles. The number of nitrogens with one attached hydrogen (secondary N) is 1. The van der Waals surface area contributed by atoms with Crippen molar-refractivity contribution in [2.24, 2.45) is 0 Å². The number of nitrogens with zero attached hydrogens (tertiary/aromatic N) is 3. The SMILES string of the molecule is CNC(=O)[C@]1(C)CCCN1c1nc(-c2c(F)cccc2OC)c(Cl)c2c1C(=O)N1CCCC[C@@H]1CO2. The van der Waals surface area contributed by atoms with Crippen molar-refractivity contribution in [1.82, 2.24) is 15.2 Å². The number of carbonyl (C=O) groups excluding carboxylic acids is 2. The summed E-state index contributed by atoms with van der Waals surface area (Å²) in [5, 5.41) is 2.79. The zero-order valence-corrected chi connectivity index (χ0v) is 21.5. The molecule has 0 unspecified atom stereocenters. The highest BCUT2D eigenvalue weighted by atomic mass is 35.5. The van der Waals surface area contributed by atoms with Gasteiger partial charge in [0.25, 0.3) is 5.91 Å². The van der Waals surface area contributed by atoms with Crippen LogP contribution in [0.1, 0.15) is 49.4 Å².